The Bertz CT molecular complexity index is 935. The molecule has 4 amide bonds. The van der Waals surface area contributed by atoms with Crippen LogP contribution < -0.4 is 11.1 Å². The lowest BCUT2D eigenvalue weighted by molar-refractivity contribution is -0.123. The Hall–Kier alpha value is -3.21. The average molecular weight is 360 g/mol. The summed E-state index contributed by atoms with van der Waals surface area (Å²) in [6, 6.07) is 6.12. The zero-order valence-electron chi connectivity index (χ0n) is 12.6. The van der Waals surface area contributed by atoms with Crippen LogP contribution in [-0.2, 0) is 9.59 Å². The van der Waals surface area contributed by atoms with Crippen LogP contribution in [0, 0.1) is 0 Å². The number of aromatic nitrogens is 1. The Morgan fingerprint density at radius 3 is 2.88 bits per heavy atom. The Balaban J connectivity index is 1.71. The topological polar surface area (TPSA) is 162 Å². The first-order valence-corrected chi connectivity index (χ1v) is 7.92. The number of imide groups is 1. The van der Waals surface area contributed by atoms with Crippen molar-refractivity contribution in [2.45, 2.75) is 11.7 Å². The van der Waals surface area contributed by atoms with Crippen LogP contribution in [-0.4, -0.2) is 38.4 Å². The SMILES string of the molecule is NC(=O)NC(=O)CC1SC(N=Nc2c(O)[nH]c3ccccc23)=NC1=O. The zero-order chi connectivity index (χ0) is 18.0. The number of aromatic hydroxyl groups is 1. The molecule has 1 unspecified atom stereocenters. The van der Waals surface area contributed by atoms with E-state index in [1.807, 2.05) is 5.32 Å². The van der Waals surface area contributed by atoms with Gasteiger partial charge in [-0.2, -0.15) is 4.99 Å². The highest BCUT2D eigenvalue weighted by Crippen LogP contribution is 2.36. The van der Waals surface area contributed by atoms with E-state index in [1.165, 1.54) is 0 Å². The second kappa shape index (κ2) is 6.73. The van der Waals surface area contributed by atoms with E-state index in [9.17, 15) is 19.5 Å². The first kappa shape index (κ1) is 16.6. The fraction of sp³-hybridized carbons (Fsp3) is 0.143. The minimum atomic E-state index is -0.990. The van der Waals surface area contributed by atoms with E-state index in [1.54, 1.807) is 24.3 Å². The standard InChI is InChI=1S/C14H12N6O4S/c15-13(24)17-9(21)5-8-11(22)18-14(25-8)20-19-10-6-3-1-2-4-7(6)16-12(10)23/h1-4,8,16,23H,5H2,(H3,15,17,21,24). The molecule has 3 rings (SSSR count). The summed E-state index contributed by atoms with van der Waals surface area (Å²) in [6.45, 7) is 0. The molecule has 10 nitrogen and oxygen atoms in total. The van der Waals surface area contributed by atoms with Crippen molar-refractivity contribution >= 4 is 51.4 Å². The number of amidine groups is 1. The number of urea groups is 1. The third-order valence-electron chi connectivity index (χ3n) is 3.26. The second-order valence-corrected chi connectivity index (χ2v) is 6.19. The van der Waals surface area contributed by atoms with Gasteiger partial charge in [-0.05, 0) is 6.07 Å². The molecule has 0 bridgehead atoms. The van der Waals surface area contributed by atoms with E-state index in [2.05, 4.69) is 20.2 Å². The number of nitrogens with two attached hydrogens (primary N) is 1. The van der Waals surface area contributed by atoms with Crippen LogP contribution in [0.2, 0.25) is 0 Å². The summed E-state index contributed by atoms with van der Waals surface area (Å²) >= 11 is 0.943. The smallest absolute Gasteiger partial charge is 0.318 e. The summed E-state index contributed by atoms with van der Waals surface area (Å²) in [6.07, 6.45) is -0.257. The molecule has 0 aliphatic carbocycles. The molecule has 1 aromatic heterocycles. The van der Waals surface area contributed by atoms with Crippen molar-refractivity contribution in [1.82, 2.24) is 10.3 Å². The molecule has 0 spiro atoms. The van der Waals surface area contributed by atoms with Gasteiger partial charge in [-0.25, -0.2) is 4.79 Å². The predicted octanol–water partition coefficient (Wildman–Crippen LogP) is 1.54. The summed E-state index contributed by atoms with van der Waals surface area (Å²) in [5.74, 6) is -1.39. The number of amides is 4. The molecule has 1 aromatic carbocycles. The number of benzene rings is 1. The quantitative estimate of drug-likeness (QED) is 0.609. The van der Waals surface area contributed by atoms with Crippen molar-refractivity contribution in [1.29, 1.82) is 0 Å². The van der Waals surface area contributed by atoms with Crippen molar-refractivity contribution in [3.8, 4) is 5.88 Å². The number of rotatable bonds is 3. The summed E-state index contributed by atoms with van der Waals surface area (Å²) in [4.78, 5) is 40.3. The van der Waals surface area contributed by atoms with Gasteiger partial charge in [0.1, 0.15) is 5.25 Å². The van der Waals surface area contributed by atoms with E-state index >= 15 is 0 Å². The molecular weight excluding hydrogens is 348 g/mol. The number of hydrogen-bond donors (Lipinski definition) is 4. The van der Waals surface area contributed by atoms with Crippen molar-refractivity contribution in [3.63, 3.8) is 0 Å². The van der Waals surface area contributed by atoms with E-state index in [0.29, 0.717) is 10.9 Å². The van der Waals surface area contributed by atoms with E-state index < -0.39 is 23.1 Å². The average Bonchev–Trinajstić information content (AvgIpc) is 3.04. The van der Waals surface area contributed by atoms with E-state index in [0.717, 1.165) is 11.8 Å². The van der Waals surface area contributed by atoms with Crippen LogP contribution in [0.4, 0.5) is 10.5 Å². The van der Waals surface area contributed by atoms with Gasteiger partial charge < -0.3 is 15.8 Å². The number of nitrogens with zero attached hydrogens (tertiary/aromatic N) is 3. The van der Waals surface area contributed by atoms with Crippen molar-refractivity contribution < 1.29 is 19.5 Å². The molecule has 0 fully saturated rings. The zero-order valence-corrected chi connectivity index (χ0v) is 13.4. The normalized spacial score (nSPS) is 17.2. The van der Waals surface area contributed by atoms with Crippen LogP contribution in [0.3, 0.4) is 0 Å². The van der Waals surface area contributed by atoms with Crippen LogP contribution in [0.5, 0.6) is 5.88 Å². The minimum Gasteiger partial charge on any atom is -0.493 e. The number of para-hydroxylation sites is 1. The van der Waals surface area contributed by atoms with E-state index in [4.69, 9.17) is 5.73 Å². The second-order valence-electron chi connectivity index (χ2n) is 5.02. The maximum absolute atomic E-state index is 11.8. The molecule has 11 heteroatoms. The number of fused-ring (bicyclic) bond motifs is 1. The van der Waals surface area contributed by atoms with Gasteiger partial charge in [-0.3, -0.25) is 14.9 Å². The number of thioether (sulfide) groups is 1. The first-order valence-electron chi connectivity index (χ1n) is 7.04. The van der Waals surface area contributed by atoms with E-state index in [-0.39, 0.29) is 23.2 Å². The maximum atomic E-state index is 11.8. The molecule has 0 saturated heterocycles. The Kier molecular flexibility index (Phi) is 4.48. The maximum Gasteiger partial charge on any atom is 0.318 e. The monoisotopic (exact) mass is 360 g/mol. The molecule has 1 aliphatic heterocycles. The number of azo groups is 1. The lowest BCUT2D eigenvalue weighted by Gasteiger charge is -2.04. The molecule has 0 saturated carbocycles. The number of carbonyl (C=O) groups is 3. The van der Waals surface area contributed by atoms with Crippen LogP contribution >= 0.6 is 11.8 Å². The summed E-state index contributed by atoms with van der Waals surface area (Å²) in [5, 5.41) is 19.5. The van der Waals surface area contributed by atoms with Gasteiger partial charge in [-0.15, -0.1) is 10.2 Å². The van der Waals surface area contributed by atoms with Gasteiger partial charge >= 0.3 is 6.03 Å². The number of primary amides is 1. The number of H-pyrrole nitrogens is 1. The first-order chi connectivity index (χ1) is 11.9. The Labute approximate surface area is 144 Å². The van der Waals surface area contributed by atoms with Gasteiger partial charge in [-0.1, -0.05) is 30.0 Å². The summed E-state index contributed by atoms with van der Waals surface area (Å²) in [7, 11) is 0. The molecule has 0 radical (unpaired) electrons. The molecule has 5 N–H and O–H groups in total. The fourth-order valence-corrected chi connectivity index (χ4v) is 3.08. The fourth-order valence-electron chi connectivity index (χ4n) is 2.21. The molecule has 1 aliphatic rings. The van der Waals surface area contributed by atoms with Crippen molar-refractivity contribution in [2.75, 3.05) is 0 Å². The predicted molar refractivity (Wildman–Crippen MR) is 90.6 cm³/mol. The number of carbonyl (C=O) groups excluding carboxylic acids is 3. The van der Waals surface area contributed by atoms with Gasteiger partial charge in [0.15, 0.2) is 5.69 Å². The molecule has 1 atom stereocenters. The Morgan fingerprint density at radius 2 is 2.12 bits per heavy atom. The highest BCUT2D eigenvalue weighted by Gasteiger charge is 2.31. The summed E-state index contributed by atoms with van der Waals surface area (Å²) in [5.41, 5.74) is 5.75. The van der Waals surface area contributed by atoms with Gasteiger partial charge in [0, 0.05) is 11.8 Å². The number of aliphatic imine (C=N–C) groups is 1. The molecule has 128 valence electrons. The third kappa shape index (κ3) is 3.66. The minimum absolute atomic E-state index is 0.0616. The van der Waals surface area contributed by atoms with Crippen molar-refractivity contribution in [3.05, 3.63) is 24.3 Å². The molecular formula is C14H12N6O4S. The molecule has 25 heavy (non-hydrogen) atoms. The molecule has 2 aromatic rings. The number of hydrogen-bond acceptors (Lipinski definition) is 7. The van der Waals surface area contributed by atoms with Crippen molar-refractivity contribution in [2.24, 2.45) is 21.0 Å². The Morgan fingerprint density at radius 1 is 1.36 bits per heavy atom. The van der Waals surface area contributed by atoms with Gasteiger partial charge in [0.05, 0.1) is 5.52 Å². The number of aromatic amines is 1. The largest absolute Gasteiger partial charge is 0.493 e. The van der Waals surface area contributed by atoms with Crippen LogP contribution in [0.25, 0.3) is 10.9 Å². The van der Waals surface area contributed by atoms with Gasteiger partial charge in [0.2, 0.25) is 17.0 Å². The van der Waals surface area contributed by atoms with Crippen LogP contribution in [0.15, 0.2) is 39.5 Å². The van der Waals surface area contributed by atoms with Gasteiger partial charge in [0.25, 0.3) is 5.91 Å². The number of nitrogens with one attached hydrogen (secondary N) is 2. The van der Waals surface area contributed by atoms with Crippen LogP contribution in [0.1, 0.15) is 6.42 Å². The lowest BCUT2D eigenvalue weighted by Crippen LogP contribution is -2.37. The highest BCUT2D eigenvalue weighted by atomic mass is 32.2. The third-order valence-corrected chi connectivity index (χ3v) is 4.29. The highest BCUT2D eigenvalue weighted by molar-refractivity contribution is 8.15. The molecule has 2 heterocycles. The lowest BCUT2D eigenvalue weighted by atomic mass is 10.2. The summed E-state index contributed by atoms with van der Waals surface area (Å²) < 4.78 is 0.